The highest BCUT2D eigenvalue weighted by Crippen LogP contribution is 2.68. The van der Waals surface area contributed by atoms with E-state index in [1.165, 1.54) is 57.8 Å². The number of phenolic OH excluding ortho intramolecular Hbond substituents is 1. The molecule has 0 amide bonds. The molecule has 3 heteroatoms. The van der Waals surface area contributed by atoms with Crippen molar-refractivity contribution in [2.24, 2.45) is 52.3 Å². The van der Waals surface area contributed by atoms with Gasteiger partial charge >= 0.3 is 0 Å². The third kappa shape index (κ3) is 5.37. The van der Waals surface area contributed by atoms with Crippen LogP contribution < -0.4 is 5.32 Å². The summed E-state index contributed by atoms with van der Waals surface area (Å²) in [6.07, 6.45) is 14.3. The van der Waals surface area contributed by atoms with Crippen molar-refractivity contribution in [3.8, 4) is 5.75 Å². The normalized spacial score (nSPS) is 39.3. The van der Waals surface area contributed by atoms with Crippen LogP contribution in [-0.2, 0) is 6.54 Å². The number of aromatic hydroxyl groups is 1. The fourth-order valence-electron chi connectivity index (χ4n) is 11.2. The van der Waals surface area contributed by atoms with Gasteiger partial charge in [0, 0.05) is 18.2 Å². The zero-order valence-electron chi connectivity index (χ0n) is 26.5. The maximum absolute atomic E-state index is 11.3. The fraction of sp³-hybridized carbons (Fsp3) is 0.737. The van der Waals surface area contributed by atoms with Crippen LogP contribution >= 0.6 is 0 Å². The molecule has 0 saturated heterocycles. The first kappa shape index (κ1) is 29.5. The Balaban J connectivity index is 1.15. The molecule has 41 heavy (non-hydrogen) atoms. The predicted octanol–water partition coefficient (Wildman–Crippen LogP) is 9.10. The van der Waals surface area contributed by atoms with Crippen LogP contribution in [0.5, 0.6) is 5.75 Å². The van der Waals surface area contributed by atoms with Gasteiger partial charge < -0.3 is 15.5 Å². The van der Waals surface area contributed by atoms with Crippen molar-refractivity contribution in [3.05, 3.63) is 42.0 Å². The SMILES string of the molecule is CC(C)CCCC(C)C1CCC2C3CCC4CC(O)[C@H](NCc5cc6ccccc6cc5O)CC4(C)C3CCC12C. The summed E-state index contributed by atoms with van der Waals surface area (Å²) in [7, 11) is 0. The average molecular weight is 560 g/mol. The van der Waals surface area contributed by atoms with E-state index < -0.39 is 0 Å². The van der Waals surface area contributed by atoms with Gasteiger partial charge in [-0.25, -0.2) is 0 Å². The van der Waals surface area contributed by atoms with Gasteiger partial charge in [0.2, 0.25) is 0 Å². The zero-order valence-corrected chi connectivity index (χ0v) is 26.5. The van der Waals surface area contributed by atoms with E-state index in [0.717, 1.165) is 64.7 Å². The Morgan fingerprint density at radius 3 is 2.39 bits per heavy atom. The number of aliphatic hydroxyl groups is 1. The van der Waals surface area contributed by atoms with Gasteiger partial charge in [-0.1, -0.05) is 78.1 Å². The monoisotopic (exact) mass is 559 g/mol. The minimum Gasteiger partial charge on any atom is -0.508 e. The van der Waals surface area contributed by atoms with Crippen molar-refractivity contribution >= 4 is 10.8 Å². The van der Waals surface area contributed by atoms with E-state index in [4.69, 9.17) is 0 Å². The lowest BCUT2D eigenvalue weighted by molar-refractivity contribution is -0.137. The van der Waals surface area contributed by atoms with Gasteiger partial charge in [-0.05, 0) is 127 Å². The lowest BCUT2D eigenvalue weighted by Crippen LogP contribution is -2.59. The van der Waals surface area contributed by atoms with Crippen LogP contribution in [0.1, 0.15) is 111 Å². The van der Waals surface area contributed by atoms with Crippen LogP contribution in [0.25, 0.3) is 10.8 Å². The summed E-state index contributed by atoms with van der Waals surface area (Å²) >= 11 is 0. The highest BCUT2D eigenvalue weighted by Gasteiger charge is 2.61. The van der Waals surface area contributed by atoms with Crippen LogP contribution in [0.2, 0.25) is 0 Å². The van der Waals surface area contributed by atoms with Crippen molar-refractivity contribution in [2.45, 2.75) is 124 Å². The Morgan fingerprint density at radius 2 is 1.63 bits per heavy atom. The Kier molecular flexibility index (Phi) is 8.27. The second-order valence-corrected chi connectivity index (χ2v) is 16.0. The molecule has 0 aromatic heterocycles. The highest BCUT2D eigenvalue weighted by atomic mass is 16.3. The molecule has 4 aliphatic carbocycles. The molecule has 10 atom stereocenters. The van der Waals surface area contributed by atoms with Gasteiger partial charge in [0.1, 0.15) is 5.75 Å². The van der Waals surface area contributed by atoms with Crippen molar-refractivity contribution in [2.75, 3.05) is 0 Å². The summed E-state index contributed by atoms with van der Waals surface area (Å²) in [5, 5.41) is 28.0. The largest absolute Gasteiger partial charge is 0.508 e. The summed E-state index contributed by atoms with van der Waals surface area (Å²) in [4.78, 5) is 0. The molecule has 0 spiro atoms. The zero-order chi connectivity index (χ0) is 28.9. The van der Waals surface area contributed by atoms with Gasteiger partial charge in [0.15, 0.2) is 0 Å². The van der Waals surface area contributed by atoms with E-state index in [-0.39, 0.29) is 12.1 Å². The molecule has 6 rings (SSSR count). The molecular formula is C38H57NO2. The van der Waals surface area contributed by atoms with Crippen molar-refractivity contribution in [1.82, 2.24) is 5.32 Å². The number of fused-ring (bicyclic) bond motifs is 6. The molecule has 0 heterocycles. The Morgan fingerprint density at radius 1 is 0.902 bits per heavy atom. The predicted molar refractivity (Wildman–Crippen MR) is 171 cm³/mol. The lowest BCUT2D eigenvalue weighted by Gasteiger charge is -2.62. The van der Waals surface area contributed by atoms with Crippen LogP contribution in [0.15, 0.2) is 36.4 Å². The van der Waals surface area contributed by atoms with Crippen LogP contribution in [0.4, 0.5) is 0 Å². The number of nitrogens with one attached hydrogen (secondary N) is 1. The quantitative estimate of drug-likeness (QED) is 0.302. The standard InChI is InChI=1S/C38H57NO2/c1-24(2)9-8-10-25(3)31-15-16-32-30-14-13-29-21-36(41)34(22-38(29,5)33(30)17-18-37(31,32)4)39-23-28-19-26-11-6-7-12-27(26)20-35(28)40/h6-7,11-12,19-20,24-25,29-34,36,39-41H,8-10,13-18,21-23H2,1-5H3/t25?,29?,30?,31?,32?,33?,34-,36?,37?,38?/m1/s1. The molecule has 2 aromatic rings. The highest BCUT2D eigenvalue weighted by molar-refractivity contribution is 5.84. The topological polar surface area (TPSA) is 52.5 Å². The van der Waals surface area contributed by atoms with E-state index in [2.05, 4.69) is 58.1 Å². The van der Waals surface area contributed by atoms with E-state index in [1.54, 1.807) is 0 Å². The van der Waals surface area contributed by atoms with E-state index >= 15 is 0 Å². The molecule has 0 radical (unpaired) electrons. The number of hydrogen-bond donors (Lipinski definition) is 3. The molecule has 3 N–H and O–H groups in total. The summed E-state index contributed by atoms with van der Waals surface area (Å²) in [6.45, 7) is 13.2. The Labute approximate surface area is 249 Å². The minimum absolute atomic E-state index is 0.0893. The first-order chi connectivity index (χ1) is 19.6. The first-order valence-corrected chi connectivity index (χ1v) is 17.2. The van der Waals surface area contributed by atoms with Gasteiger partial charge in [-0.3, -0.25) is 0 Å². The van der Waals surface area contributed by atoms with Crippen molar-refractivity contribution in [1.29, 1.82) is 0 Å². The summed E-state index contributed by atoms with van der Waals surface area (Å²) < 4.78 is 0. The number of hydrogen-bond acceptors (Lipinski definition) is 3. The molecule has 9 unspecified atom stereocenters. The molecule has 4 saturated carbocycles. The van der Waals surface area contributed by atoms with Crippen molar-refractivity contribution < 1.29 is 10.2 Å². The van der Waals surface area contributed by atoms with Gasteiger partial charge in [0.25, 0.3) is 0 Å². The van der Waals surface area contributed by atoms with Gasteiger partial charge in [0.05, 0.1) is 6.10 Å². The number of rotatable bonds is 8. The molecular weight excluding hydrogens is 502 g/mol. The molecule has 0 aliphatic heterocycles. The first-order valence-electron chi connectivity index (χ1n) is 17.2. The molecule has 3 nitrogen and oxygen atoms in total. The summed E-state index contributed by atoms with van der Waals surface area (Å²) in [6, 6.07) is 12.3. The van der Waals surface area contributed by atoms with E-state index in [9.17, 15) is 10.2 Å². The van der Waals surface area contributed by atoms with Crippen LogP contribution in [-0.4, -0.2) is 22.4 Å². The second kappa shape index (κ2) is 11.5. The number of aliphatic hydroxyl groups excluding tert-OH is 1. The van der Waals surface area contributed by atoms with Gasteiger partial charge in [-0.2, -0.15) is 0 Å². The molecule has 4 fully saturated rings. The number of benzene rings is 2. The second-order valence-electron chi connectivity index (χ2n) is 16.0. The minimum atomic E-state index is -0.302. The average Bonchev–Trinajstić information content (AvgIpc) is 3.29. The number of phenols is 1. The third-order valence-corrected chi connectivity index (χ3v) is 13.4. The van der Waals surface area contributed by atoms with E-state index in [1.807, 2.05) is 18.2 Å². The van der Waals surface area contributed by atoms with Crippen LogP contribution in [0, 0.1) is 52.3 Å². The Hall–Kier alpha value is -1.58. The van der Waals surface area contributed by atoms with Crippen molar-refractivity contribution in [3.63, 3.8) is 0 Å². The third-order valence-electron chi connectivity index (χ3n) is 13.4. The molecule has 2 aromatic carbocycles. The Bertz CT molecular complexity index is 1210. The summed E-state index contributed by atoms with van der Waals surface area (Å²) in [5.74, 6) is 6.13. The molecule has 4 aliphatic rings. The summed E-state index contributed by atoms with van der Waals surface area (Å²) in [5.41, 5.74) is 1.76. The lowest BCUT2D eigenvalue weighted by atomic mass is 9.44. The maximum atomic E-state index is 11.3. The van der Waals surface area contributed by atoms with Gasteiger partial charge in [-0.15, -0.1) is 0 Å². The maximum Gasteiger partial charge on any atom is 0.120 e. The van der Waals surface area contributed by atoms with Crippen LogP contribution in [0.3, 0.4) is 0 Å². The molecule has 0 bridgehead atoms. The molecule has 226 valence electrons. The smallest absolute Gasteiger partial charge is 0.120 e. The van der Waals surface area contributed by atoms with E-state index in [0.29, 0.717) is 29.0 Å². The fourth-order valence-corrected chi connectivity index (χ4v) is 11.2.